The third-order valence-corrected chi connectivity index (χ3v) is 20.0. The summed E-state index contributed by atoms with van der Waals surface area (Å²) >= 11 is 0. The Labute approximate surface area is 445 Å². The molecule has 6 saturated heterocycles. The van der Waals surface area contributed by atoms with Crippen LogP contribution in [0.1, 0.15) is 80.6 Å². The van der Waals surface area contributed by atoms with Crippen LogP contribution in [0.25, 0.3) is 0 Å². The van der Waals surface area contributed by atoms with Crippen molar-refractivity contribution in [2.45, 2.75) is 240 Å². The highest BCUT2D eigenvalue weighted by Crippen LogP contribution is 2.71. The average molecular weight is 1110 g/mol. The van der Waals surface area contributed by atoms with Crippen molar-refractivity contribution in [2.75, 3.05) is 19.8 Å². The number of aliphatic hydroxyl groups excluding tert-OH is 13. The van der Waals surface area contributed by atoms with E-state index in [2.05, 4.69) is 13.0 Å². The Morgan fingerprint density at radius 3 is 2.00 bits per heavy atom. The Hall–Kier alpha value is -1.71. The quantitative estimate of drug-likeness (QED) is 0.0736. The molecule has 9 fully saturated rings. The smallest absolute Gasteiger partial charge is 0.303 e. The molecule has 25 heteroatoms. The molecule has 6 heterocycles. The van der Waals surface area contributed by atoms with Gasteiger partial charge in [0.05, 0.1) is 62.5 Å². The maximum atomic E-state index is 12.8. The summed E-state index contributed by atoms with van der Waals surface area (Å²) in [7, 11) is 0. The lowest BCUT2D eigenvalue weighted by Gasteiger charge is -2.62. The second-order valence-corrected chi connectivity index (χ2v) is 24.3. The maximum Gasteiger partial charge on any atom is 0.303 e. The number of rotatable bonds is 10. The fraction of sp³-hybridized carbons (Fsp3) is 0.942. The van der Waals surface area contributed by atoms with E-state index in [0.717, 1.165) is 12.5 Å². The van der Waals surface area contributed by atoms with Crippen LogP contribution in [0.15, 0.2) is 11.6 Å². The predicted octanol–water partition coefficient (Wildman–Crippen LogP) is -3.84. The van der Waals surface area contributed by atoms with Crippen molar-refractivity contribution >= 4 is 5.97 Å². The number of carbonyl (C=O) groups excluding carboxylic acids is 1. The Morgan fingerprint density at radius 2 is 1.31 bits per heavy atom. The molecule has 1 spiro atoms. The summed E-state index contributed by atoms with van der Waals surface area (Å²) in [5.41, 5.74) is -0.852. The lowest BCUT2D eigenvalue weighted by Crippen LogP contribution is -2.67. The summed E-state index contributed by atoms with van der Waals surface area (Å²) < 4.78 is 68.2. The van der Waals surface area contributed by atoms with Gasteiger partial charge in [0.1, 0.15) is 79.4 Å². The van der Waals surface area contributed by atoms with E-state index in [9.17, 15) is 71.2 Å². The minimum Gasteiger partial charge on any atom is -0.457 e. The van der Waals surface area contributed by atoms with E-state index in [4.69, 9.17) is 52.1 Å². The molecule has 4 aliphatic carbocycles. The van der Waals surface area contributed by atoms with E-state index in [0.29, 0.717) is 12.8 Å². The maximum absolute atomic E-state index is 12.8. The first kappa shape index (κ1) is 58.5. The number of esters is 1. The first-order valence-corrected chi connectivity index (χ1v) is 27.4. The summed E-state index contributed by atoms with van der Waals surface area (Å²) in [4.78, 5) is 11.9. The molecule has 0 bridgehead atoms. The van der Waals surface area contributed by atoms with E-state index in [-0.39, 0.29) is 49.5 Å². The molecule has 10 aliphatic rings. The molecule has 34 atom stereocenters. The highest BCUT2D eigenvalue weighted by molar-refractivity contribution is 5.66. The van der Waals surface area contributed by atoms with E-state index in [1.807, 2.05) is 20.8 Å². The van der Waals surface area contributed by atoms with Crippen LogP contribution >= 0.6 is 0 Å². The van der Waals surface area contributed by atoms with Crippen molar-refractivity contribution in [3.63, 3.8) is 0 Å². The lowest BCUT2D eigenvalue weighted by atomic mass is 9.45. The van der Waals surface area contributed by atoms with E-state index >= 15 is 0 Å². The molecule has 6 aliphatic heterocycles. The van der Waals surface area contributed by atoms with Gasteiger partial charge in [-0.05, 0) is 57.3 Å². The van der Waals surface area contributed by atoms with Crippen LogP contribution in [-0.2, 0) is 56.9 Å². The number of allylic oxidation sites excluding steroid dienone is 1. The Bertz CT molecular complexity index is 2120. The van der Waals surface area contributed by atoms with Crippen molar-refractivity contribution in [3.8, 4) is 0 Å². The second kappa shape index (κ2) is 21.8. The van der Waals surface area contributed by atoms with Crippen molar-refractivity contribution in [2.24, 2.45) is 46.3 Å². The predicted molar refractivity (Wildman–Crippen MR) is 255 cm³/mol. The van der Waals surface area contributed by atoms with Gasteiger partial charge in [-0.2, -0.15) is 0 Å². The highest BCUT2D eigenvalue weighted by Gasteiger charge is 2.74. The van der Waals surface area contributed by atoms with Gasteiger partial charge in [-0.3, -0.25) is 4.79 Å². The molecule has 10 rings (SSSR count). The van der Waals surface area contributed by atoms with Gasteiger partial charge in [0.2, 0.25) is 0 Å². The van der Waals surface area contributed by atoms with Gasteiger partial charge in [0.15, 0.2) is 37.1 Å². The lowest BCUT2D eigenvalue weighted by molar-refractivity contribution is -0.393. The van der Waals surface area contributed by atoms with Gasteiger partial charge in [0.25, 0.3) is 0 Å². The number of ether oxygens (including phenoxy) is 11. The summed E-state index contributed by atoms with van der Waals surface area (Å²) in [6.45, 7) is 10.8. The summed E-state index contributed by atoms with van der Waals surface area (Å²) in [6, 6.07) is 0. The van der Waals surface area contributed by atoms with Gasteiger partial charge in [-0.1, -0.05) is 39.3 Å². The molecule has 0 aromatic heterocycles. The number of fused-ring (bicyclic) bond motifs is 7. The normalized spacial score (nSPS) is 57.6. The molecule has 0 aromatic carbocycles. The minimum atomic E-state index is -1.89. The van der Waals surface area contributed by atoms with Gasteiger partial charge >= 0.3 is 5.97 Å². The molecule has 77 heavy (non-hydrogen) atoms. The first-order valence-electron chi connectivity index (χ1n) is 27.4. The van der Waals surface area contributed by atoms with E-state index < -0.39 is 201 Å². The molecular weight excluding hydrogens is 1020 g/mol. The Morgan fingerprint density at radius 1 is 0.662 bits per heavy atom. The highest BCUT2D eigenvalue weighted by atomic mass is 16.8. The molecule has 0 unspecified atom stereocenters. The molecule has 3 saturated carbocycles. The van der Waals surface area contributed by atoms with Crippen molar-refractivity contribution in [3.05, 3.63) is 11.6 Å². The SMILES string of the molecule is CC(=O)O[C@@H]1[C@@H](O)[C@@H](O)[C@H](O[C@H]2[C@H](O[C@@H]3C[C@H](O)CC4=CC[C@@H]5[C@H](C[C@@H](O)[C@]6(C)[C@@H]7[C@H](C[C@@H]56)O[C@@]5(OC[C@@H](C)[C@H](O[C@@H]6O[C@H](C)[C@H](O)[C@@H](O)[C@H]6O)[C@@H]5O)[C@H]7C)[C@]43C)O[C@H](CO)[C@@H](O)[C@@H]2O[C@@H]2OC[C@@H](O)[C@H](O)[C@H]2O)O[C@H]1C. The van der Waals surface area contributed by atoms with Crippen LogP contribution in [-0.4, -0.2) is 251 Å². The minimum absolute atomic E-state index is 0.0304. The fourth-order valence-corrected chi connectivity index (χ4v) is 15.7. The van der Waals surface area contributed by atoms with Crippen LogP contribution in [0, 0.1) is 46.3 Å². The van der Waals surface area contributed by atoms with Crippen LogP contribution in [0.4, 0.5) is 0 Å². The topological polar surface area (TPSA) is 382 Å². The zero-order chi connectivity index (χ0) is 55.7. The van der Waals surface area contributed by atoms with Gasteiger partial charge in [-0.15, -0.1) is 0 Å². The number of hydrogen-bond acceptors (Lipinski definition) is 25. The van der Waals surface area contributed by atoms with Crippen LogP contribution < -0.4 is 0 Å². The standard InChI is InChI=1S/C52H82O25/c1-17-15-68-52(45(66)41(17)74-47-39(64)36(61)33(58)19(3)69-47)18(2)32-28(77-52)12-25-24-9-8-22-10-23(55)11-31(50(22,6)26(24)13-30(57)51(25,32)7)73-49-44(76-48-40(65)37(62)42(20(4)70-48)71-21(5)54)43(35(60)29(14-53)72-49)75-46-38(63)34(59)27(56)16-67-46/h8,17-20,23-49,53,55-66H,9-16H2,1-7H3/t17-,18+,19-,20+,23-,24+,25+,26+,27-,28+,29-,30-,31-,32+,33+,34+,35-,36-,37+,38-,39-,40-,41+,42+,43+,44-,45+,46+,47+,48+,49+,50+,51-,52+/m1/s1. The monoisotopic (exact) mass is 1110 g/mol. The average Bonchev–Trinajstić information content (AvgIpc) is 3.85. The molecule has 0 amide bonds. The molecule has 25 nitrogen and oxygen atoms in total. The van der Waals surface area contributed by atoms with Crippen LogP contribution in [0.3, 0.4) is 0 Å². The van der Waals surface area contributed by atoms with Crippen molar-refractivity contribution < 1.29 is 123 Å². The molecule has 0 radical (unpaired) electrons. The summed E-state index contributed by atoms with van der Waals surface area (Å²) in [5, 5.41) is 145. The second-order valence-electron chi connectivity index (χ2n) is 24.3. The van der Waals surface area contributed by atoms with Gasteiger partial charge in [-0.25, -0.2) is 0 Å². The molecule has 0 aromatic rings. The number of aliphatic hydroxyl groups is 13. The molecular formula is C52H82O25. The van der Waals surface area contributed by atoms with Crippen LogP contribution in [0.2, 0.25) is 0 Å². The first-order chi connectivity index (χ1) is 36.3. The van der Waals surface area contributed by atoms with Gasteiger partial charge < -0.3 is 118 Å². The zero-order valence-electron chi connectivity index (χ0n) is 44.3. The van der Waals surface area contributed by atoms with Crippen molar-refractivity contribution in [1.29, 1.82) is 0 Å². The largest absolute Gasteiger partial charge is 0.457 e. The Kier molecular flexibility index (Phi) is 16.6. The molecule has 13 N–H and O–H groups in total. The van der Waals surface area contributed by atoms with E-state index in [1.54, 1.807) is 6.92 Å². The fourth-order valence-electron chi connectivity index (χ4n) is 15.7. The Balaban J connectivity index is 0.929. The molecule has 440 valence electrons. The zero-order valence-corrected chi connectivity index (χ0v) is 44.3. The summed E-state index contributed by atoms with van der Waals surface area (Å²) in [5.74, 6) is -4.11. The third kappa shape index (κ3) is 9.58. The van der Waals surface area contributed by atoms with Crippen LogP contribution in [0.5, 0.6) is 0 Å². The number of carbonyl (C=O) groups is 1. The summed E-state index contributed by atoms with van der Waals surface area (Å²) in [6.07, 6.45) is -31.5. The van der Waals surface area contributed by atoms with E-state index in [1.165, 1.54) is 6.92 Å². The third-order valence-electron chi connectivity index (χ3n) is 20.0. The van der Waals surface area contributed by atoms with Crippen molar-refractivity contribution in [1.82, 2.24) is 0 Å². The van der Waals surface area contributed by atoms with Gasteiger partial charge in [0, 0.05) is 41.9 Å². The number of hydrogen-bond donors (Lipinski definition) is 13.